The minimum absolute atomic E-state index is 0.606. The van der Waals surface area contributed by atoms with Crippen LogP contribution >= 0.6 is 0 Å². The van der Waals surface area contributed by atoms with Gasteiger partial charge in [-0.25, -0.2) is 0 Å². The molecule has 2 unspecified atom stereocenters. The maximum atomic E-state index is 4.11. The van der Waals surface area contributed by atoms with Gasteiger partial charge in [0.2, 0.25) is 0 Å². The Morgan fingerprint density at radius 2 is 1.87 bits per heavy atom. The first-order valence-corrected chi connectivity index (χ1v) is 6.11. The van der Waals surface area contributed by atoms with Gasteiger partial charge in [-0.05, 0) is 45.7 Å². The highest BCUT2D eigenvalue weighted by atomic mass is 15.1. The van der Waals surface area contributed by atoms with E-state index in [2.05, 4.69) is 51.0 Å². The van der Waals surface area contributed by atoms with Crippen molar-refractivity contribution in [2.24, 2.45) is 16.8 Å². The minimum Gasteiger partial charge on any atom is -0.306 e. The van der Waals surface area contributed by atoms with Crippen molar-refractivity contribution < 1.29 is 0 Å². The van der Waals surface area contributed by atoms with Crippen LogP contribution in [0.25, 0.3) is 0 Å². The smallest absolute Gasteiger partial charge is 0.0273 e. The van der Waals surface area contributed by atoms with Crippen LogP contribution in [0.1, 0.15) is 40.0 Å². The van der Waals surface area contributed by atoms with E-state index >= 15 is 0 Å². The van der Waals surface area contributed by atoms with Gasteiger partial charge in [0.25, 0.3) is 0 Å². The molecule has 0 N–H and O–H groups in total. The maximum absolute atomic E-state index is 4.11. The summed E-state index contributed by atoms with van der Waals surface area (Å²) < 4.78 is 0. The van der Waals surface area contributed by atoms with Crippen molar-refractivity contribution in [3.63, 3.8) is 0 Å². The second-order valence-corrected chi connectivity index (χ2v) is 4.87. The maximum Gasteiger partial charge on any atom is 0.0273 e. The van der Waals surface area contributed by atoms with E-state index in [1.54, 1.807) is 0 Å². The third-order valence-electron chi connectivity index (χ3n) is 3.23. The molecule has 0 saturated carbocycles. The number of aliphatic imine (C=N–C) groups is 1. The van der Waals surface area contributed by atoms with E-state index in [9.17, 15) is 0 Å². The molecule has 15 heavy (non-hydrogen) atoms. The van der Waals surface area contributed by atoms with Crippen molar-refractivity contribution in [1.82, 2.24) is 4.90 Å². The van der Waals surface area contributed by atoms with Crippen LogP contribution in [0.15, 0.2) is 4.99 Å². The first-order chi connectivity index (χ1) is 7.02. The largest absolute Gasteiger partial charge is 0.306 e. The highest BCUT2D eigenvalue weighted by Crippen LogP contribution is 2.22. The predicted octanol–water partition coefficient (Wildman–Crippen LogP) is 3.08. The van der Waals surface area contributed by atoms with Crippen molar-refractivity contribution >= 4 is 6.21 Å². The fourth-order valence-electron chi connectivity index (χ4n) is 2.14. The molecule has 3 atom stereocenters. The molecule has 90 valence electrons. The third-order valence-corrected chi connectivity index (χ3v) is 3.23. The Balaban J connectivity index is 4.25. The molecule has 2 nitrogen and oxygen atoms in total. The topological polar surface area (TPSA) is 15.6 Å². The van der Waals surface area contributed by atoms with Crippen molar-refractivity contribution in [2.75, 3.05) is 21.1 Å². The number of hydrogen-bond acceptors (Lipinski definition) is 2. The number of rotatable bonds is 7. The summed E-state index contributed by atoms with van der Waals surface area (Å²) in [6.07, 6.45) is 5.93. The zero-order valence-corrected chi connectivity index (χ0v) is 11.3. The van der Waals surface area contributed by atoms with Crippen LogP contribution in [0.3, 0.4) is 0 Å². The quantitative estimate of drug-likeness (QED) is 0.592. The lowest BCUT2D eigenvalue weighted by atomic mass is 9.87. The molecule has 0 aromatic carbocycles. The summed E-state index contributed by atoms with van der Waals surface area (Å²) in [5, 5.41) is 0. The average Bonchev–Trinajstić information content (AvgIpc) is 2.16. The van der Waals surface area contributed by atoms with Crippen molar-refractivity contribution in [3.8, 4) is 0 Å². The van der Waals surface area contributed by atoms with Gasteiger partial charge in [0.05, 0.1) is 0 Å². The Morgan fingerprint density at radius 3 is 2.27 bits per heavy atom. The normalized spacial score (nSPS) is 18.3. The van der Waals surface area contributed by atoms with Gasteiger partial charge in [-0.15, -0.1) is 0 Å². The Bertz CT molecular complexity index is 175. The zero-order valence-electron chi connectivity index (χ0n) is 11.3. The third kappa shape index (κ3) is 5.93. The molecule has 0 saturated heterocycles. The Labute approximate surface area is 95.8 Å². The standard InChI is InChI=1S/C13H28N2/c1-7-8-13(12(3)15(5)6)9-11(2)10-14-4/h10-13H,7-9H2,1-6H3/b14-10+/t11?,12?,13-/m0/s1. The van der Waals surface area contributed by atoms with Gasteiger partial charge in [0.15, 0.2) is 0 Å². The molecule has 0 aliphatic carbocycles. The Kier molecular flexibility index (Phi) is 7.67. The van der Waals surface area contributed by atoms with Gasteiger partial charge in [0.1, 0.15) is 0 Å². The van der Waals surface area contributed by atoms with Crippen LogP contribution in [0.4, 0.5) is 0 Å². The summed E-state index contributed by atoms with van der Waals surface area (Å²) in [6.45, 7) is 6.86. The fourth-order valence-corrected chi connectivity index (χ4v) is 2.14. The molecule has 0 heterocycles. The fraction of sp³-hybridized carbons (Fsp3) is 0.923. The van der Waals surface area contributed by atoms with Crippen LogP contribution in [0, 0.1) is 11.8 Å². The van der Waals surface area contributed by atoms with E-state index in [0.29, 0.717) is 12.0 Å². The van der Waals surface area contributed by atoms with Crippen LogP contribution in [0.2, 0.25) is 0 Å². The molecule has 0 bridgehead atoms. The summed E-state index contributed by atoms with van der Waals surface area (Å²) in [5.41, 5.74) is 0. The monoisotopic (exact) mass is 212 g/mol. The van der Waals surface area contributed by atoms with E-state index in [1.165, 1.54) is 19.3 Å². The van der Waals surface area contributed by atoms with Gasteiger partial charge < -0.3 is 9.89 Å². The average molecular weight is 212 g/mol. The summed E-state index contributed by atoms with van der Waals surface area (Å²) in [6, 6.07) is 0.664. The molecule has 2 heteroatoms. The highest BCUT2D eigenvalue weighted by Gasteiger charge is 2.19. The second-order valence-electron chi connectivity index (χ2n) is 4.87. The Morgan fingerprint density at radius 1 is 1.27 bits per heavy atom. The molecular weight excluding hydrogens is 184 g/mol. The summed E-state index contributed by atoms with van der Waals surface area (Å²) in [4.78, 5) is 6.44. The van der Waals surface area contributed by atoms with Crippen molar-refractivity contribution in [1.29, 1.82) is 0 Å². The van der Waals surface area contributed by atoms with E-state index in [-0.39, 0.29) is 0 Å². The van der Waals surface area contributed by atoms with Crippen LogP contribution in [-0.4, -0.2) is 38.3 Å². The lowest BCUT2D eigenvalue weighted by Gasteiger charge is -2.30. The molecule has 0 radical (unpaired) electrons. The molecule has 0 spiro atoms. The molecule has 0 rings (SSSR count). The molecule has 0 aromatic rings. The van der Waals surface area contributed by atoms with E-state index in [1.807, 2.05) is 7.05 Å². The highest BCUT2D eigenvalue weighted by molar-refractivity contribution is 5.59. The minimum atomic E-state index is 0.606. The van der Waals surface area contributed by atoms with Gasteiger partial charge in [-0.1, -0.05) is 20.3 Å². The zero-order chi connectivity index (χ0) is 11.8. The second kappa shape index (κ2) is 7.86. The van der Waals surface area contributed by atoms with Crippen LogP contribution in [-0.2, 0) is 0 Å². The molecular formula is C13H28N2. The van der Waals surface area contributed by atoms with Crippen molar-refractivity contribution in [3.05, 3.63) is 0 Å². The van der Waals surface area contributed by atoms with Crippen LogP contribution < -0.4 is 0 Å². The van der Waals surface area contributed by atoms with E-state index < -0.39 is 0 Å². The van der Waals surface area contributed by atoms with Gasteiger partial charge in [-0.2, -0.15) is 0 Å². The van der Waals surface area contributed by atoms with Gasteiger partial charge in [-0.3, -0.25) is 0 Å². The molecule has 0 aliphatic rings. The van der Waals surface area contributed by atoms with Gasteiger partial charge >= 0.3 is 0 Å². The summed E-state index contributed by atoms with van der Waals surface area (Å²) in [7, 11) is 6.21. The first-order valence-electron chi connectivity index (χ1n) is 6.11. The molecule has 0 amide bonds. The van der Waals surface area contributed by atoms with Crippen molar-refractivity contribution in [2.45, 2.75) is 46.1 Å². The lowest BCUT2D eigenvalue weighted by Crippen LogP contribution is -2.33. The van der Waals surface area contributed by atoms with E-state index in [0.717, 1.165) is 5.92 Å². The predicted molar refractivity (Wildman–Crippen MR) is 69.7 cm³/mol. The molecule has 0 aliphatic heterocycles. The number of nitrogens with zero attached hydrogens (tertiary/aromatic N) is 2. The summed E-state index contributed by atoms with van der Waals surface area (Å²) >= 11 is 0. The summed E-state index contributed by atoms with van der Waals surface area (Å²) in [5.74, 6) is 1.40. The Hall–Kier alpha value is -0.370. The molecule has 0 aromatic heterocycles. The van der Waals surface area contributed by atoms with Gasteiger partial charge in [0, 0.05) is 19.3 Å². The number of hydrogen-bond donors (Lipinski definition) is 0. The molecule has 0 fully saturated rings. The lowest BCUT2D eigenvalue weighted by molar-refractivity contribution is 0.199. The SMILES string of the molecule is CCC[C@@H](CC(C)/C=N/C)C(C)N(C)C. The van der Waals surface area contributed by atoms with Crippen LogP contribution in [0.5, 0.6) is 0 Å². The van der Waals surface area contributed by atoms with E-state index in [4.69, 9.17) is 0 Å². The first kappa shape index (κ1) is 14.6.